The number of sulfonamides is 1. The van der Waals surface area contributed by atoms with Gasteiger partial charge in [0.2, 0.25) is 15.9 Å². The van der Waals surface area contributed by atoms with Crippen molar-refractivity contribution in [1.29, 1.82) is 0 Å². The summed E-state index contributed by atoms with van der Waals surface area (Å²) in [5.74, 6) is -0.248. The number of hydrogen-bond acceptors (Lipinski definition) is 4. The van der Waals surface area contributed by atoms with E-state index in [2.05, 4.69) is 0 Å². The molecule has 1 aromatic carbocycles. The molecule has 1 amide bonds. The van der Waals surface area contributed by atoms with Gasteiger partial charge in [0.1, 0.15) is 0 Å². The highest BCUT2D eigenvalue weighted by atomic mass is 32.2. The van der Waals surface area contributed by atoms with Crippen molar-refractivity contribution in [2.45, 2.75) is 17.7 Å². The summed E-state index contributed by atoms with van der Waals surface area (Å²) in [5.41, 5.74) is 11.0. The molecular weight excluding hydrogens is 278 g/mol. The molecule has 1 fully saturated rings. The maximum atomic E-state index is 12.5. The van der Waals surface area contributed by atoms with Gasteiger partial charge < -0.3 is 11.5 Å². The van der Waals surface area contributed by atoms with Gasteiger partial charge in [0, 0.05) is 18.7 Å². The van der Waals surface area contributed by atoms with E-state index in [1.165, 1.54) is 28.6 Å². The van der Waals surface area contributed by atoms with Crippen LogP contribution in [-0.2, 0) is 10.0 Å². The normalized spacial score (nSPS) is 18.1. The highest BCUT2D eigenvalue weighted by Crippen LogP contribution is 2.23. The summed E-state index contributed by atoms with van der Waals surface area (Å²) in [7, 11) is -3.56. The van der Waals surface area contributed by atoms with E-state index < -0.39 is 15.9 Å². The fourth-order valence-corrected chi connectivity index (χ4v) is 3.86. The first kappa shape index (κ1) is 15.0. The van der Waals surface area contributed by atoms with Crippen LogP contribution in [0.4, 0.5) is 0 Å². The average Bonchev–Trinajstić information content (AvgIpc) is 2.47. The zero-order valence-corrected chi connectivity index (χ0v) is 12.0. The predicted octanol–water partition coefficient (Wildman–Crippen LogP) is 0.145. The molecule has 6 nitrogen and oxygen atoms in total. The van der Waals surface area contributed by atoms with Crippen LogP contribution >= 0.6 is 0 Å². The molecule has 0 aliphatic carbocycles. The molecule has 0 saturated carbocycles. The lowest BCUT2D eigenvalue weighted by molar-refractivity contribution is 0.1000. The second kappa shape index (κ2) is 5.90. The smallest absolute Gasteiger partial charge is 0.248 e. The zero-order valence-electron chi connectivity index (χ0n) is 11.2. The number of carbonyl (C=O) groups is 1. The summed E-state index contributed by atoms with van der Waals surface area (Å²) in [5, 5.41) is 0. The molecule has 1 saturated heterocycles. The number of nitrogens with zero attached hydrogens (tertiary/aromatic N) is 1. The van der Waals surface area contributed by atoms with E-state index in [4.69, 9.17) is 11.5 Å². The Hall–Kier alpha value is -1.44. The molecule has 2 rings (SSSR count). The van der Waals surface area contributed by atoms with Gasteiger partial charge in [-0.2, -0.15) is 4.31 Å². The van der Waals surface area contributed by atoms with Crippen LogP contribution in [0, 0.1) is 5.92 Å². The third kappa shape index (κ3) is 3.00. The topological polar surface area (TPSA) is 106 Å². The van der Waals surface area contributed by atoms with Crippen molar-refractivity contribution in [2.75, 3.05) is 19.6 Å². The van der Waals surface area contributed by atoms with E-state index in [0.29, 0.717) is 25.6 Å². The van der Waals surface area contributed by atoms with E-state index in [9.17, 15) is 13.2 Å². The lowest BCUT2D eigenvalue weighted by Gasteiger charge is -2.30. The summed E-state index contributed by atoms with van der Waals surface area (Å²) >= 11 is 0. The number of carbonyl (C=O) groups excluding carboxylic acids is 1. The lowest BCUT2D eigenvalue weighted by Crippen LogP contribution is -2.40. The van der Waals surface area contributed by atoms with Crippen LogP contribution in [0.25, 0.3) is 0 Å². The van der Waals surface area contributed by atoms with Crippen LogP contribution < -0.4 is 11.5 Å². The van der Waals surface area contributed by atoms with Gasteiger partial charge in [-0.3, -0.25) is 4.79 Å². The van der Waals surface area contributed by atoms with Gasteiger partial charge in [-0.05, 0) is 43.5 Å². The molecule has 20 heavy (non-hydrogen) atoms. The molecule has 1 aromatic rings. The first-order valence-electron chi connectivity index (χ1n) is 6.55. The van der Waals surface area contributed by atoms with Crippen LogP contribution in [0.15, 0.2) is 29.2 Å². The van der Waals surface area contributed by atoms with Crippen molar-refractivity contribution in [1.82, 2.24) is 4.31 Å². The molecule has 110 valence electrons. The Morgan fingerprint density at radius 2 is 1.95 bits per heavy atom. The van der Waals surface area contributed by atoms with Crippen molar-refractivity contribution in [3.63, 3.8) is 0 Å². The molecule has 4 N–H and O–H groups in total. The largest absolute Gasteiger partial charge is 0.366 e. The minimum absolute atomic E-state index is 0.111. The molecule has 0 unspecified atom stereocenters. The van der Waals surface area contributed by atoms with E-state index in [1.54, 1.807) is 0 Å². The number of nitrogens with two attached hydrogens (primary N) is 2. The van der Waals surface area contributed by atoms with Crippen molar-refractivity contribution < 1.29 is 13.2 Å². The standard InChI is InChI=1S/C13H19N3O3S/c14-9-10-4-6-16(7-5-10)20(18,19)12-3-1-2-11(8-12)13(15)17/h1-3,8,10H,4-7,9,14H2,(H2,15,17). The Labute approximate surface area is 118 Å². The van der Waals surface area contributed by atoms with Crippen LogP contribution in [0.1, 0.15) is 23.2 Å². The third-order valence-corrected chi connectivity index (χ3v) is 5.56. The van der Waals surface area contributed by atoms with E-state index in [1.807, 2.05) is 0 Å². The molecule has 0 bridgehead atoms. The van der Waals surface area contributed by atoms with Gasteiger partial charge in [0.15, 0.2) is 0 Å². The molecule has 0 aromatic heterocycles. The van der Waals surface area contributed by atoms with Crippen LogP contribution in [-0.4, -0.2) is 38.3 Å². The van der Waals surface area contributed by atoms with Crippen LogP contribution in [0.2, 0.25) is 0 Å². The molecule has 7 heteroatoms. The maximum Gasteiger partial charge on any atom is 0.248 e. The van der Waals surface area contributed by atoms with Crippen molar-refractivity contribution >= 4 is 15.9 Å². The van der Waals surface area contributed by atoms with Crippen LogP contribution in [0.5, 0.6) is 0 Å². The monoisotopic (exact) mass is 297 g/mol. The second-order valence-corrected chi connectivity index (χ2v) is 6.91. The number of hydrogen-bond donors (Lipinski definition) is 2. The summed E-state index contributed by atoms with van der Waals surface area (Å²) in [4.78, 5) is 11.2. The Bertz CT molecular complexity index is 593. The van der Waals surface area contributed by atoms with Gasteiger partial charge >= 0.3 is 0 Å². The lowest BCUT2D eigenvalue weighted by atomic mass is 9.99. The summed E-state index contributed by atoms with van der Waals surface area (Å²) < 4.78 is 26.4. The number of piperidine rings is 1. The Morgan fingerprint density at radius 3 is 2.50 bits per heavy atom. The molecule has 1 aliphatic heterocycles. The zero-order chi connectivity index (χ0) is 14.8. The number of primary amides is 1. The van der Waals surface area contributed by atoms with Crippen molar-refractivity contribution in [2.24, 2.45) is 17.4 Å². The predicted molar refractivity (Wildman–Crippen MR) is 75.5 cm³/mol. The van der Waals surface area contributed by atoms with Crippen molar-refractivity contribution in [3.8, 4) is 0 Å². The first-order valence-corrected chi connectivity index (χ1v) is 7.99. The van der Waals surface area contributed by atoms with Gasteiger partial charge in [-0.15, -0.1) is 0 Å². The number of benzene rings is 1. The second-order valence-electron chi connectivity index (χ2n) is 4.98. The number of amides is 1. The fourth-order valence-electron chi connectivity index (χ4n) is 2.34. The highest BCUT2D eigenvalue weighted by molar-refractivity contribution is 7.89. The highest BCUT2D eigenvalue weighted by Gasteiger charge is 2.29. The van der Waals surface area contributed by atoms with Gasteiger partial charge in [-0.25, -0.2) is 8.42 Å². The molecular formula is C13H19N3O3S. The third-order valence-electron chi connectivity index (χ3n) is 3.66. The minimum Gasteiger partial charge on any atom is -0.366 e. The Kier molecular flexibility index (Phi) is 4.42. The quantitative estimate of drug-likeness (QED) is 0.824. The SMILES string of the molecule is NCC1CCN(S(=O)(=O)c2cccc(C(N)=O)c2)CC1. The molecule has 0 spiro atoms. The average molecular weight is 297 g/mol. The maximum absolute atomic E-state index is 12.5. The molecule has 0 radical (unpaired) electrons. The summed E-state index contributed by atoms with van der Waals surface area (Å²) in [6.07, 6.45) is 1.54. The summed E-state index contributed by atoms with van der Waals surface area (Å²) in [6, 6.07) is 5.84. The first-order chi connectivity index (χ1) is 9.45. The minimum atomic E-state index is -3.56. The summed E-state index contributed by atoms with van der Waals surface area (Å²) in [6.45, 7) is 1.51. The fraction of sp³-hybridized carbons (Fsp3) is 0.462. The van der Waals surface area contributed by atoms with E-state index >= 15 is 0 Å². The van der Waals surface area contributed by atoms with E-state index in [0.717, 1.165) is 12.8 Å². The Morgan fingerprint density at radius 1 is 1.30 bits per heavy atom. The van der Waals surface area contributed by atoms with E-state index in [-0.39, 0.29) is 10.5 Å². The molecule has 0 atom stereocenters. The molecule has 1 aliphatic rings. The Balaban J connectivity index is 2.23. The van der Waals surface area contributed by atoms with Gasteiger partial charge in [0.25, 0.3) is 0 Å². The van der Waals surface area contributed by atoms with Crippen LogP contribution in [0.3, 0.4) is 0 Å². The van der Waals surface area contributed by atoms with Crippen molar-refractivity contribution in [3.05, 3.63) is 29.8 Å². The van der Waals surface area contributed by atoms with Gasteiger partial charge in [-0.1, -0.05) is 6.07 Å². The number of rotatable bonds is 4. The van der Waals surface area contributed by atoms with Gasteiger partial charge in [0.05, 0.1) is 4.90 Å². The molecule has 1 heterocycles.